The Morgan fingerprint density at radius 1 is 0.415 bits per heavy atom. The average molecular weight is 899 g/mol. The molecule has 0 fully saturated rings. The van der Waals surface area contributed by atoms with Crippen LogP contribution in [0.25, 0.3) is 11.3 Å². The minimum atomic E-state index is -2.60. The van der Waals surface area contributed by atoms with Crippen molar-refractivity contribution in [2.75, 3.05) is 0 Å². The molecule has 1 radical (unpaired) electrons. The predicted molar refractivity (Wildman–Crippen MR) is 216 cm³/mol. The van der Waals surface area contributed by atoms with E-state index in [0.29, 0.717) is 5.69 Å². The first-order valence-electron chi connectivity index (χ1n) is 17.4. The molecule has 0 bridgehead atoms. The van der Waals surface area contributed by atoms with Gasteiger partial charge in [0.1, 0.15) is 0 Å². The summed E-state index contributed by atoms with van der Waals surface area (Å²) in [6.45, 7) is 0. The van der Waals surface area contributed by atoms with E-state index in [1.54, 1.807) is 24.4 Å². The molecule has 1 aromatic heterocycles. The molecule has 2 heterocycles. The molecular formula is C47H34F2IrNSi2-. The van der Waals surface area contributed by atoms with E-state index in [1.165, 1.54) is 41.5 Å². The van der Waals surface area contributed by atoms with E-state index >= 15 is 0 Å². The number of pyridine rings is 1. The van der Waals surface area contributed by atoms with E-state index in [2.05, 4.69) is 181 Å². The summed E-state index contributed by atoms with van der Waals surface area (Å²) in [4.78, 5) is 3.95. The second-order valence-electron chi connectivity index (χ2n) is 12.8. The van der Waals surface area contributed by atoms with Gasteiger partial charge >= 0.3 is 0 Å². The van der Waals surface area contributed by atoms with E-state index in [1.807, 2.05) is 0 Å². The van der Waals surface area contributed by atoms with Crippen molar-refractivity contribution < 1.29 is 28.9 Å². The largest absolute Gasteiger partial charge is 0.305 e. The Balaban J connectivity index is 0.000000245. The summed E-state index contributed by atoms with van der Waals surface area (Å²) < 4.78 is 25.8. The maximum atomic E-state index is 13.2. The molecule has 0 spiro atoms. The quantitative estimate of drug-likeness (QED) is 0.163. The molecule has 1 nitrogen and oxygen atoms in total. The summed E-state index contributed by atoms with van der Waals surface area (Å²) in [6.07, 6.45) is 1.55. The normalized spacial score (nSPS) is 13.2. The van der Waals surface area contributed by atoms with Gasteiger partial charge in [0.25, 0.3) is 0 Å². The minimum absolute atomic E-state index is 0. The molecule has 9 rings (SSSR count). The van der Waals surface area contributed by atoms with Gasteiger partial charge in [-0.25, -0.2) is 0 Å². The smallest absolute Gasteiger partial charge is 0.179 e. The molecule has 0 N–H and O–H groups in total. The fourth-order valence-electron chi connectivity index (χ4n) is 8.05. The van der Waals surface area contributed by atoms with Crippen LogP contribution in [0.5, 0.6) is 0 Å². The molecule has 259 valence electrons. The van der Waals surface area contributed by atoms with Gasteiger partial charge in [0.05, 0.1) is 0 Å². The van der Waals surface area contributed by atoms with Crippen LogP contribution in [0.15, 0.2) is 206 Å². The van der Waals surface area contributed by atoms with Gasteiger partial charge < -0.3 is 4.98 Å². The summed E-state index contributed by atoms with van der Waals surface area (Å²) in [5, 5.41) is 11.9. The van der Waals surface area contributed by atoms with Crippen LogP contribution in [0.4, 0.5) is 8.78 Å². The molecule has 7 aromatic carbocycles. The third-order valence-corrected chi connectivity index (χ3v) is 20.3. The first-order chi connectivity index (χ1) is 25.6. The predicted octanol–water partition coefficient (Wildman–Crippen LogP) is 5.58. The van der Waals surface area contributed by atoms with Gasteiger partial charge in [-0.3, -0.25) is 8.78 Å². The number of nitrogens with zero attached hydrogens (tertiary/aromatic N) is 1. The maximum absolute atomic E-state index is 13.2. The van der Waals surface area contributed by atoms with Crippen LogP contribution in [0.3, 0.4) is 0 Å². The summed E-state index contributed by atoms with van der Waals surface area (Å²) in [6, 6.07) is 73.6. The number of benzene rings is 7. The fourth-order valence-corrected chi connectivity index (χ4v) is 20.1. The number of rotatable bonds is 5. The van der Waals surface area contributed by atoms with Crippen LogP contribution in [-0.4, -0.2) is 21.1 Å². The minimum Gasteiger partial charge on any atom is -0.305 e. The average Bonchev–Trinajstić information content (AvgIpc) is 3.22. The van der Waals surface area contributed by atoms with Crippen molar-refractivity contribution in [2.24, 2.45) is 0 Å². The molecule has 0 saturated heterocycles. The van der Waals surface area contributed by atoms with Crippen molar-refractivity contribution in [1.82, 2.24) is 4.98 Å². The molecule has 0 unspecified atom stereocenters. The van der Waals surface area contributed by atoms with E-state index in [4.69, 9.17) is 0 Å². The van der Waals surface area contributed by atoms with Crippen LogP contribution in [0.1, 0.15) is 0 Å². The Labute approximate surface area is 325 Å². The Kier molecular flexibility index (Phi) is 10.7. The molecule has 6 heteroatoms. The van der Waals surface area contributed by atoms with Crippen molar-refractivity contribution in [3.8, 4) is 11.3 Å². The standard InChI is InChI=1S/C36H28Si2.C11H6F2N.Ir/c1-5-17-29(18-6-1)37(30-19-7-2-8-20-30)33-25-13-15-27-35(33)38(31-21-9-3-10-22-31,32-23-11-4-12-24-32)36-28-16-14-26-34(36)37;12-8-4-5-9(10(13)7-8)11-3-1-2-6-14-11;/h1-28H;1-4,6-7H;/q;-1;. The zero-order valence-electron chi connectivity index (χ0n) is 28.7. The molecule has 8 aromatic rings. The molecule has 0 saturated carbocycles. The third-order valence-electron chi connectivity index (χ3n) is 10.1. The molecule has 0 atom stereocenters. The van der Waals surface area contributed by atoms with Crippen molar-refractivity contribution in [2.45, 2.75) is 0 Å². The second kappa shape index (κ2) is 15.7. The maximum Gasteiger partial charge on any atom is 0.179 e. The SMILES string of the molecule is Fc1c[c-]c(-c2ccccn2)c(F)c1.[Ir].c1ccc([Si]2(c3ccccc3)c3ccccc3[Si](c3ccccc3)(c3ccccc3)c3ccccc32)cc1. The van der Waals surface area contributed by atoms with Gasteiger partial charge in [-0.2, -0.15) is 0 Å². The third kappa shape index (κ3) is 6.28. The Bertz CT molecular complexity index is 2170. The number of hydrogen-bond acceptors (Lipinski definition) is 1. The van der Waals surface area contributed by atoms with Crippen LogP contribution >= 0.6 is 0 Å². The first-order valence-corrected chi connectivity index (χ1v) is 21.4. The van der Waals surface area contributed by atoms with Gasteiger partial charge in [0.15, 0.2) is 16.1 Å². The Morgan fingerprint density at radius 3 is 1.08 bits per heavy atom. The Hall–Kier alpha value is -5.37. The van der Waals surface area contributed by atoms with Crippen molar-refractivity contribution in [3.63, 3.8) is 0 Å². The molecule has 1 aliphatic heterocycles. The molecular weight excluding hydrogens is 865 g/mol. The monoisotopic (exact) mass is 899 g/mol. The molecule has 53 heavy (non-hydrogen) atoms. The summed E-state index contributed by atoms with van der Waals surface area (Å²) >= 11 is 0. The van der Waals surface area contributed by atoms with Crippen molar-refractivity contribution in [3.05, 3.63) is 224 Å². The van der Waals surface area contributed by atoms with Crippen LogP contribution < -0.4 is 41.5 Å². The van der Waals surface area contributed by atoms with E-state index in [0.717, 1.165) is 12.1 Å². The second-order valence-corrected chi connectivity index (χ2v) is 20.3. The van der Waals surface area contributed by atoms with Gasteiger partial charge in [0, 0.05) is 37.9 Å². The van der Waals surface area contributed by atoms with Gasteiger partial charge in [-0.15, -0.1) is 12.1 Å². The van der Waals surface area contributed by atoms with Gasteiger partial charge in [-0.1, -0.05) is 194 Å². The summed E-state index contributed by atoms with van der Waals surface area (Å²) in [7, 11) is -5.19. The van der Waals surface area contributed by atoms with Crippen LogP contribution in [0.2, 0.25) is 0 Å². The zero-order valence-corrected chi connectivity index (χ0v) is 33.1. The zero-order chi connectivity index (χ0) is 35.4. The van der Waals surface area contributed by atoms with Gasteiger partial charge in [-0.05, 0) is 53.3 Å². The molecule has 0 amide bonds. The number of fused-ring (bicyclic) bond motifs is 2. The summed E-state index contributed by atoms with van der Waals surface area (Å²) in [5.41, 5.74) is 0.636. The topological polar surface area (TPSA) is 12.9 Å². The van der Waals surface area contributed by atoms with Gasteiger partial charge in [0.2, 0.25) is 0 Å². The molecule has 1 aliphatic rings. The van der Waals surface area contributed by atoms with Crippen LogP contribution in [-0.2, 0) is 20.1 Å². The fraction of sp³-hybridized carbons (Fsp3) is 0. The number of hydrogen-bond donors (Lipinski definition) is 0. The van der Waals surface area contributed by atoms with E-state index < -0.39 is 27.8 Å². The van der Waals surface area contributed by atoms with E-state index in [-0.39, 0.29) is 25.7 Å². The van der Waals surface area contributed by atoms with Crippen molar-refractivity contribution >= 4 is 57.6 Å². The van der Waals surface area contributed by atoms with Crippen LogP contribution in [0, 0.1) is 17.7 Å². The molecule has 0 aliphatic carbocycles. The number of halogens is 2. The first kappa shape index (κ1) is 36.0. The summed E-state index contributed by atoms with van der Waals surface area (Å²) in [5.74, 6) is -1.29. The van der Waals surface area contributed by atoms with Crippen molar-refractivity contribution in [1.29, 1.82) is 0 Å². The van der Waals surface area contributed by atoms with E-state index in [9.17, 15) is 8.78 Å². The number of aromatic nitrogens is 1. The Morgan fingerprint density at radius 2 is 0.755 bits per heavy atom.